The molecular weight excluding hydrogens is 288 g/mol. The Hall–Kier alpha value is -2.26. The van der Waals surface area contributed by atoms with E-state index >= 15 is 0 Å². The highest BCUT2D eigenvalue weighted by molar-refractivity contribution is 5.79. The molecule has 1 N–H and O–H groups in total. The van der Waals surface area contributed by atoms with E-state index in [0.717, 1.165) is 22.3 Å². The molecule has 0 aliphatic carbocycles. The number of fused-ring (bicyclic) bond motifs is 1. The molecule has 1 aromatic heterocycles. The second-order valence-corrected chi connectivity index (χ2v) is 5.82. The van der Waals surface area contributed by atoms with Gasteiger partial charge in [0.2, 0.25) is 0 Å². The van der Waals surface area contributed by atoms with Gasteiger partial charge in [-0.05, 0) is 36.6 Å². The van der Waals surface area contributed by atoms with Gasteiger partial charge in [-0.15, -0.1) is 0 Å². The van der Waals surface area contributed by atoms with Gasteiger partial charge in [0.25, 0.3) is 0 Å². The van der Waals surface area contributed by atoms with Gasteiger partial charge in [-0.3, -0.25) is 0 Å². The molecule has 120 valence electrons. The first-order chi connectivity index (χ1) is 11.1. The van der Waals surface area contributed by atoms with E-state index in [1.807, 2.05) is 68.4 Å². The van der Waals surface area contributed by atoms with Crippen LogP contribution in [0.5, 0.6) is 5.75 Å². The van der Waals surface area contributed by atoms with Crippen molar-refractivity contribution in [2.75, 3.05) is 0 Å². The molecule has 0 amide bonds. The lowest BCUT2D eigenvalue weighted by atomic mass is 9.94. The Kier molecular flexibility index (Phi) is 4.39. The highest BCUT2D eigenvalue weighted by atomic mass is 16.5. The van der Waals surface area contributed by atoms with Crippen LogP contribution in [0.15, 0.2) is 59.0 Å². The van der Waals surface area contributed by atoms with E-state index in [1.54, 1.807) is 0 Å². The first-order valence-electron chi connectivity index (χ1n) is 8.08. The summed E-state index contributed by atoms with van der Waals surface area (Å²) in [6.07, 6.45) is 1.25. The van der Waals surface area contributed by atoms with Crippen molar-refractivity contribution in [3.63, 3.8) is 0 Å². The van der Waals surface area contributed by atoms with Crippen LogP contribution in [0.1, 0.15) is 38.0 Å². The van der Waals surface area contributed by atoms with Crippen LogP contribution in [-0.4, -0.2) is 5.11 Å². The number of benzene rings is 2. The van der Waals surface area contributed by atoms with Gasteiger partial charge in [0.05, 0.1) is 0 Å². The number of hydrogen-bond donors (Lipinski definition) is 1. The minimum atomic E-state index is -0.899. The first kappa shape index (κ1) is 15.6. The Balaban J connectivity index is 1.82. The lowest BCUT2D eigenvalue weighted by molar-refractivity contribution is 0.00831. The molecule has 0 spiro atoms. The fourth-order valence-electron chi connectivity index (χ4n) is 2.67. The molecule has 1 heterocycles. The van der Waals surface area contributed by atoms with Crippen molar-refractivity contribution in [3.05, 3.63) is 65.9 Å². The minimum absolute atomic E-state index is 0.522. The lowest BCUT2D eigenvalue weighted by Gasteiger charge is -2.21. The normalized spacial score (nSPS) is 11.8. The van der Waals surface area contributed by atoms with Crippen molar-refractivity contribution < 1.29 is 14.3 Å². The summed E-state index contributed by atoms with van der Waals surface area (Å²) in [4.78, 5) is 0. The summed E-state index contributed by atoms with van der Waals surface area (Å²) in [6.45, 7) is 4.45. The summed E-state index contributed by atoms with van der Waals surface area (Å²) in [6, 6.07) is 17.8. The van der Waals surface area contributed by atoms with Crippen molar-refractivity contribution in [2.45, 2.75) is 38.9 Å². The quantitative estimate of drug-likeness (QED) is 0.695. The standard InChI is InChI=1S/C20H22O3/c1-3-20(21,4-2)19-12-16-10-11-17(13-18(16)23-19)22-14-15-8-6-5-7-9-15/h5-13,21H,3-4,14H2,1-2H3. The Bertz CT molecular complexity index is 770. The molecule has 0 radical (unpaired) electrons. The van der Waals surface area contributed by atoms with E-state index in [4.69, 9.17) is 9.15 Å². The first-order valence-corrected chi connectivity index (χ1v) is 8.08. The predicted molar refractivity (Wildman–Crippen MR) is 91.5 cm³/mol. The highest BCUT2D eigenvalue weighted by Gasteiger charge is 2.29. The second kappa shape index (κ2) is 6.47. The average Bonchev–Trinajstić information content (AvgIpc) is 3.04. The van der Waals surface area contributed by atoms with Crippen LogP contribution in [-0.2, 0) is 12.2 Å². The fourth-order valence-corrected chi connectivity index (χ4v) is 2.67. The maximum atomic E-state index is 10.6. The summed E-state index contributed by atoms with van der Waals surface area (Å²) in [7, 11) is 0. The molecular formula is C20H22O3. The van der Waals surface area contributed by atoms with E-state index in [-0.39, 0.29) is 0 Å². The molecule has 0 saturated carbocycles. The monoisotopic (exact) mass is 310 g/mol. The molecule has 0 aliphatic heterocycles. The Morgan fingerprint density at radius 1 is 1.00 bits per heavy atom. The predicted octanol–water partition coefficient (Wildman–Crippen LogP) is 5.02. The Morgan fingerprint density at radius 3 is 2.43 bits per heavy atom. The van der Waals surface area contributed by atoms with Gasteiger partial charge < -0.3 is 14.3 Å². The molecule has 0 unspecified atom stereocenters. The van der Waals surface area contributed by atoms with Crippen LogP contribution in [0, 0.1) is 0 Å². The molecule has 0 saturated heterocycles. The van der Waals surface area contributed by atoms with Gasteiger partial charge >= 0.3 is 0 Å². The van der Waals surface area contributed by atoms with Crippen molar-refractivity contribution in [2.24, 2.45) is 0 Å². The number of rotatable bonds is 6. The number of hydrogen-bond acceptors (Lipinski definition) is 3. The SMILES string of the molecule is CCC(O)(CC)c1cc2ccc(OCc3ccccc3)cc2o1. The fraction of sp³-hybridized carbons (Fsp3) is 0.300. The van der Waals surface area contributed by atoms with Crippen molar-refractivity contribution in [1.82, 2.24) is 0 Å². The van der Waals surface area contributed by atoms with Gasteiger partial charge in [-0.25, -0.2) is 0 Å². The summed E-state index contributed by atoms with van der Waals surface area (Å²) in [5.41, 5.74) is 0.967. The number of ether oxygens (including phenoxy) is 1. The topological polar surface area (TPSA) is 42.6 Å². The van der Waals surface area contributed by atoms with Crippen LogP contribution in [0.3, 0.4) is 0 Å². The van der Waals surface area contributed by atoms with Crippen molar-refractivity contribution in [1.29, 1.82) is 0 Å². The van der Waals surface area contributed by atoms with Gasteiger partial charge in [0, 0.05) is 11.5 Å². The highest BCUT2D eigenvalue weighted by Crippen LogP contribution is 2.34. The molecule has 3 nitrogen and oxygen atoms in total. The van der Waals surface area contributed by atoms with Gasteiger partial charge in [0.1, 0.15) is 29.3 Å². The zero-order valence-corrected chi connectivity index (χ0v) is 13.6. The maximum absolute atomic E-state index is 10.6. The molecule has 2 aromatic carbocycles. The van der Waals surface area contributed by atoms with Crippen LogP contribution in [0.25, 0.3) is 11.0 Å². The van der Waals surface area contributed by atoms with Gasteiger partial charge in [0.15, 0.2) is 0 Å². The molecule has 3 heteroatoms. The van der Waals surface area contributed by atoms with Crippen LogP contribution in [0.2, 0.25) is 0 Å². The molecule has 23 heavy (non-hydrogen) atoms. The van der Waals surface area contributed by atoms with Gasteiger partial charge in [-0.2, -0.15) is 0 Å². The molecule has 0 aliphatic rings. The minimum Gasteiger partial charge on any atom is -0.489 e. The average molecular weight is 310 g/mol. The smallest absolute Gasteiger partial charge is 0.138 e. The number of furan rings is 1. The van der Waals surface area contributed by atoms with E-state index in [0.29, 0.717) is 25.2 Å². The van der Waals surface area contributed by atoms with Crippen molar-refractivity contribution in [3.8, 4) is 5.75 Å². The largest absolute Gasteiger partial charge is 0.489 e. The third-order valence-electron chi connectivity index (χ3n) is 4.37. The number of aliphatic hydroxyl groups is 1. The maximum Gasteiger partial charge on any atom is 0.138 e. The van der Waals surface area contributed by atoms with E-state index in [9.17, 15) is 5.11 Å². The van der Waals surface area contributed by atoms with Crippen LogP contribution >= 0.6 is 0 Å². The van der Waals surface area contributed by atoms with E-state index < -0.39 is 5.60 Å². The summed E-state index contributed by atoms with van der Waals surface area (Å²) >= 11 is 0. The molecule has 0 atom stereocenters. The molecule has 0 fully saturated rings. The zero-order valence-electron chi connectivity index (χ0n) is 13.6. The Labute approximate surface area is 136 Å². The summed E-state index contributed by atoms with van der Waals surface area (Å²) in [5.74, 6) is 1.39. The van der Waals surface area contributed by atoms with Crippen LogP contribution < -0.4 is 4.74 Å². The lowest BCUT2D eigenvalue weighted by Crippen LogP contribution is -2.22. The van der Waals surface area contributed by atoms with E-state index in [2.05, 4.69) is 0 Å². The summed E-state index contributed by atoms with van der Waals surface area (Å²) in [5, 5.41) is 11.6. The Morgan fingerprint density at radius 2 is 1.74 bits per heavy atom. The summed E-state index contributed by atoms with van der Waals surface area (Å²) < 4.78 is 11.7. The molecule has 0 bridgehead atoms. The molecule has 3 rings (SSSR count). The van der Waals surface area contributed by atoms with E-state index in [1.165, 1.54) is 0 Å². The van der Waals surface area contributed by atoms with Gasteiger partial charge in [-0.1, -0.05) is 44.2 Å². The third-order valence-corrected chi connectivity index (χ3v) is 4.37. The third kappa shape index (κ3) is 3.25. The molecule has 3 aromatic rings. The van der Waals surface area contributed by atoms with Crippen molar-refractivity contribution >= 4 is 11.0 Å². The van der Waals surface area contributed by atoms with Crippen LogP contribution in [0.4, 0.5) is 0 Å². The zero-order chi connectivity index (χ0) is 16.3. The second-order valence-electron chi connectivity index (χ2n) is 5.82.